The van der Waals surface area contributed by atoms with E-state index in [9.17, 15) is 8.42 Å². The van der Waals surface area contributed by atoms with Crippen LogP contribution < -0.4 is 5.32 Å². The van der Waals surface area contributed by atoms with Crippen LogP contribution in [-0.4, -0.2) is 25.7 Å². The summed E-state index contributed by atoms with van der Waals surface area (Å²) in [7, 11) is -3.22. The Labute approximate surface area is 128 Å². The lowest BCUT2D eigenvalue weighted by molar-refractivity contribution is 0.212. The quantitative estimate of drug-likeness (QED) is 0.926. The van der Waals surface area contributed by atoms with Gasteiger partial charge in [-0.2, -0.15) is 0 Å². The molecule has 1 aliphatic carbocycles. The summed E-state index contributed by atoms with van der Waals surface area (Å²) in [5, 5.41) is 3.69. The van der Waals surface area contributed by atoms with E-state index in [1.807, 2.05) is 6.07 Å². The second-order valence-corrected chi connectivity index (χ2v) is 8.70. The lowest BCUT2D eigenvalue weighted by Crippen LogP contribution is -2.37. The van der Waals surface area contributed by atoms with Gasteiger partial charge in [0, 0.05) is 12.3 Å². The zero-order chi connectivity index (χ0) is 15.6. The fourth-order valence-electron chi connectivity index (χ4n) is 3.27. The molecule has 21 heavy (non-hydrogen) atoms. The molecule has 0 aromatic carbocycles. The molecule has 0 spiro atoms. The first-order valence-corrected chi connectivity index (χ1v) is 9.59. The molecular weight excluding hydrogens is 284 g/mol. The lowest BCUT2D eigenvalue weighted by Gasteiger charge is -2.38. The van der Waals surface area contributed by atoms with E-state index in [0.717, 1.165) is 18.0 Å². The normalized spacial score (nSPS) is 26.8. The third-order valence-electron chi connectivity index (χ3n) is 4.49. The van der Waals surface area contributed by atoms with Gasteiger partial charge >= 0.3 is 0 Å². The average molecular weight is 310 g/mol. The molecule has 1 aliphatic rings. The summed E-state index contributed by atoms with van der Waals surface area (Å²) in [4.78, 5) is 4.05. The van der Waals surface area contributed by atoms with Crippen LogP contribution in [0, 0.1) is 17.8 Å². The minimum absolute atomic E-state index is 0.130. The first-order chi connectivity index (χ1) is 9.77. The molecule has 1 saturated carbocycles. The van der Waals surface area contributed by atoms with Gasteiger partial charge in [0.05, 0.1) is 11.9 Å². The van der Waals surface area contributed by atoms with Crippen molar-refractivity contribution in [3.8, 4) is 0 Å². The van der Waals surface area contributed by atoms with E-state index in [1.54, 1.807) is 12.3 Å². The first kappa shape index (κ1) is 16.3. The number of rotatable bonds is 4. The van der Waals surface area contributed by atoms with Crippen molar-refractivity contribution >= 4 is 15.5 Å². The van der Waals surface area contributed by atoms with Gasteiger partial charge in [-0.1, -0.05) is 27.2 Å². The van der Waals surface area contributed by atoms with Crippen molar-refractivity contribution in [2.75, 3.05) is 11.6 Å². The molecule has 0 bridgehead atoms. The van der Waals surface area contributed by atoms with Crippen molar-refractivity contribution in [3.05, 3.63) is 18.3 Å². The van der Waals surface area contributed by atoms with Crippen LogP contribution in [0.25, 0.3) is 0 Å². The molecule has 1 aromatic rings. The van der Waals surface area contributed by atoms with Crippen molar-refractivity contribution in [1.82, 2.24) is 4.98 Å². The molecule has 0 saturated heterocycles. The van der Waals surface area contributed by atoms with Crippen molar-refractivity contribution in [2.45, 2.75) is 51.1 Å². The fraction of sp³-hybridized carbons (Fsp3) is 0.688. The van der Waals surface area contributed by atoms with Gasteiger partial charge in [0.1, 0.15) is 0 Å². The van der Waals surface area contributed by atoms with Gasteiger partial charge < -0.3 is 5.32 Å². The molecular formula is C16H26N2O2S. The zero-order valence-electron chi connectivity index (χ0n) is 13.3. The number of hydrogen-bond donors (Lipinski definition) is 1. The van der Waals surface area contributed by atoms with E-state index < -0.39 is 9.84 Å². The highest BCUT2D eigenvalue weighted by Crippen LogP contribution is 2.35. The van der Waals surface area contributed by atoms with Crippen LogP contribution in [0.4, 0.5) is 5.69 Å². The van der Waals surface area contributed by atoms with Crippen molar-refractivity contribution in [2.24, 2.45) is 17.8 Å². The van der Waals surface area contributed by atoms with E-state index >= 15 is 0 Å². The maximum absolute atomic E-state index is 11.4. The molecule has 2 rings (SSSR count). The molecule has 5 heteroatoms. The minimum Gasteiger partial charge on any atom is -0.381 e. The van der Waals surface area contributed by atoms with E-state index in [4.69, 9.17) is 0 Å². The van der Waals surface area contributed by atoms with Crippen molar-refractivity contribution in [3.63, 3.8) is 0 Å². The maximum atomic E-state index is 11.4. The molecule has 1 heterocycles. The van der Waals surface area contributed by atoms with Crippen LogP contribution in [0.3, 0.4) is 0 Å². The molecule has 1 N–H and O–H groups in total. The number of nitrogens with zero attached hydrogens (tertiary/aromatic N) is 1. The van der Waals surface area contributed by atoms with E-state index in [2.05, 4.69) is 31.1 Å². The summed E-state index contributed by atoms with van der Waals surface area (Å²) < 4.78 is 22.9. The third kappa shape index (κ3) is 4.19. The Kier molecular flexibility index (Phi) is 4.91. The Hall–Kier alpha value is -1.10. The molecule has 4 nitrogen and oxygen atoms in total. The number of pyridine rings is 1. The molecule has 0 aliphatic heterocycles. The van der Waals surface area contributed by atoms with Gasteiger partial charge in [-0.15, -0.1) is 0 Å². The predicted octanol–water partition coefficient (Wildman–Crippen LogP) is 3.36. The molecule has 0 radical (unpaired) electrons. The molecule has 3 unspecified atom stereocenters. The highest BCUT2D eigenvalue weighted by molar-refractivity contribution is 7.90. The average Bonchev–Trinajstić information content (AvgIpc) is 2.38. The first-order valence-electron chi connectivity index (χ1n) is 7.70. The Balaban J connectivity index is 2.11. The number of hydrogen-bond acceptors (Lipinski definition) is 4. The van der Waals surface area contributed by atoms with Crippen LogP contribution in [0.5, 0.6) is 0 Å². The largest absolute Gasteiger partial charge is 0.381 e. The molecule has 118 valence electrons. The van der Waals surface area contributed by atoms with Crippen molar-refractivity contribution in [1.29, 1.82) is 0 Å². The molecule has 1 fully saturated rings. The fourth-order valence-corrected chi connectivity index (χ4v) is 3.83. The summed E-state index contributed by atoms with van der Waals surface area (Å²) in [5.74, 6) is 2.05. The lowest BCUT2D eigenvalue weighted by atomic mass is 9.74. The topological polar surface area (TPSA) is 59.1 Å². The Morgan fingerprint density at radius 2 is 2.00 bits per heavy atom. The summed E-state index contributed by atoms with van der Waals surface area (Å²) in [6, 6.07) is 3.84. The van der Waals surface area contributed by atoms with Gasteiger partial charge in [0.15, 0.2) is 14.9 Å². The number of aromatic nitrogens is 1. The number of anilines is 1. The van der Waals surface area contributed by atoms with E-state index in [0.29, 0.717) is 17.9 Å². The second kappa shape index (κ2) is 6.34. The summed E-state index contributed by atoms with van der Waals surface area (Å²) in [6.45, 7) is 6.86. The predicted molar refractivity (Wildman–Crippen MR) is 86.1 cm³/mol. The highest BCUT2D eigenvalue weighted by Gasteiger charge is 2.30. The number of nitrogens with one attached hydrogen (secondary N) is 1. The van der Waals surface area contributed by atoms with Gasteiger partial charge in [-0.3, -0.25) is 0 Å². The third-order valence-corrected chi connectivity index (χ3v) is 5.49. The zero-order valence-corrected chi connectivity index (χ0v) is 14.2. The van der Waals surface area contributed by atoms with E-state index in [1.165, 1.54) is 19.1 Å². The van der Waals surface area contributed by atoms with Crippen LogP contribution in [0.2, 0.25) is 0 Å². The molecule has 1 aromatic heterocycles. The number of sulfone groups is 1. The van der Waals surface area contributed by atoms with Gasteiger partial charge in [0.2, 0.25) is 0 Å². The SMILES string of the molecule is CC1CCC(C(C)C)C(Nc2ccc(S(C)(=O)=O)nc2)C1. The summed E-state index contributed by atoms with van der Waals surface area (Å²) in [5.41, 5.74) is 0.909. The Morgan fingerprint density at radius 1 is 1.29 bits per heavy atom. The molecule has 0 amide bonds. The van der Waals surface area contributed by atoms with E-state index in [-0.39, 0.29) is 5.03 Å². The molecule has 3 atom stereocenters. The maximum Gasteiger partial charge on any atom is 0.192 e. The van der Waals surface area contributed by atoms with Crippen LogP contribution in [0.15, 0.2) is 23.4 Å². The van der Waals surface area contributed by atoms with Gasteiger partial charge in [-0.05, 0) is 42.7 Å². The van der Waals surface area contributed by atoms with Crippen LogP contribution >= 0.6 is 0 Å². The Morgan fingerprint density at radius 3 is 2.52 bits per heavy atom. The monoisotopic (exact) mass is 310 g/mol. The Bertz CT molecular complexity index is 566. The second-order valence-electron chi connectivity index (χ2n) is 6.73. The van der Waals surface area contributed by atoms with Gasteiger partial charge in [-0.25, -0.2) is 13.4 Å². The standard InChI is InChI=1S/C16H26N2O2S/c1-11(2)14-7-5-12(3)9-15(14)18-13-6-8-16(17-10-13)21(4,19)20/h6,8,10-12,14-15,18H,5,7,9H2,1-4H3. The van der Waals surface area contributed by atoms with Crippen molar-refractivity contribution < 1.29 is 8.42 Å². The van der Waals surface area contributed by atoms with Crippen LogP contribution in [-0.2, 0) is 9.84 Å². The highest BCUT2D eigenvalue weighted by atomic mass is 32.2. The summed E-state index contributed by atoms with van der Waals surface area (Å²) >= 11 is 0. The van der Waals surface area contributed by atoms with Gasteiger partial charge in [0.25, 0.3) is 0 Å². The smallest absolute Gasteiger partial charge is 0.192 e. The minimum atomic E-state index is -3.22. The van der Waals surface area contributed by atoms with Crippen LogP contribution in [0.1, 0.15) is 40.0 Å². The summed E-state index contributed by atoms with van der Waals surface area (Å²) in [6.07, 6.45) is 6.53.